The van der Waals surface area contributed by atoms with Gasteiger partial charge in [-0.3, -0.25) is 9.79 Å². The Hall–Kier alpha value is -3.67. The van der Waals surface area contributed by atoms with Crippen LogP contribution in [0.4, 0.5) is 5.69 Å². The van der Waals surface area contributed by atoms with Crippen LogP contribution in [-0.4, -0.2) is 42.0 Å². The molecule has 0 saturated carbocycles. The number of aromatic hydroxyl groups is 1. The summed E-state index contributed by atoms with van der Waals surface area (Å²) in [4.78, 5) is 20.0. The van der Waals surface area contributed by atoms with Crippen LogP contribution < -0.4 is 4.90 Å². The van der Waals surface area contributed by atoms with E-state index in [1.807, 2.05) is 36.4 Å². The van der Waals surface area contributed by atoms with Gasteiger partial charge < -0.3 is 15.1 Å². The van der Waals surface area contributed by atoms with Crippen LogP contribution >= 0.6 is 11.6 Å². The fourth-order valence-corrected chi connectivity index (χ4v) is 4.36. The molecule has 0 aromatic heterocycles. The van der Waals surface area contributed by atoms with Crippen molar-refractivity contribution in [3.63, 3.8) is 0 Å². The molecule has 2 N–H and O–H groups in total. The Labute approximate surface area is 203 Å². The topological polar surface area (TPSA) is 73.1 Å². The largest absolute Gasteiger partial charge is 0.508 e. The van der Waals surface area contributed by atoms with Gasteiger partial charge in [0.2, 0.25) is 0 Å². The molecule has 0 bridgehead atoms. The SMILES string of the molecule is CN1C(=O)C(Cc2ccc3ccccc3c2)N=C(c2ccc(O)cc2)c2cc(Cl)ccc21.CO. The lowest BCUT2D eigenvalue weighted by Crippen LogP contribution is -2.36. The minimum Gasteiger partial charge on any atom is -0.508 e. The first-order chi connectivity index (χ1) is 16.5. The predicted molar refractivity (Wildman–Crippen MR) is 138 cm³/mol. The van der Waals surface area contributed by atoms with Gasteiger partial charge >= 0.3 is 0 Å². The molecular formula is C28H25ClN2O3. The predicted octanol–water partition coefficient (Wildman–Crippen LogP) is 5.23. The van der Waals surface area contributed by atoms with Gasteiger partial charge in [0.1, 0.15) is 11.8 Å². The zero-order valence-electron chi connectivity index (χ0n) is 18.9. The first-order valence-corrected chi connectivity index (χ1v) is 11.2. The number of phenols is 1. The summed E-state index contributed by atoms with van der Waals surface area (Å²) in [6, 6.07) is 26.2. The van der Waals surface area contributed by atoms with Crippen molar-refractivity contribution in [1.82, 2.24) is 0 Å². The number of likely N-dealkylation sites (N-methyl/N-ethyl adjacent to an activating group) is 1. The van der Waals surface area contributed by atoms with E-state index in [2.05, 4.69) is 30.3 Å². The lowest BCUT2D eigenvalue weighted by atomic mass is 9.99. The fraction of sp³-hybridized carbons (Fsp3) is 0.143. The summed E-state index contributed by atoms with van der Waals surface area (Å²) in [7, 11) is 2.78. The molecule has 1 amide bonds. The van der Waals surface area contributed by atoms with Gasteiger partial charge in [-0.15, -0.1) is 0 Å². The van der Waals surface area contributed by atoms with Crippen LogP contribution in [0.25, 0.3) is 10.8 Å². The van der Waals surface area contributed by atoms with Crippen LogP contribution in [0.1, 0.15) is 16.7 Å². The number of anilines is 1. The van der Waals surface area contributed by atoms with E-state index in [-0.39, 0.29) is 11.7 Å². The molecule has 4 aromatic rings. The van der Waals surface area contributed by atoms with E-state index in [4.69, 9.17) is 21.7 Å². The minimum absolute atomic E-state index is 0.0736. The number of aliphatic hydroxyl groups excluding tert-OH is 1. The molecule has 0 aliphatic carbocycles. The molecule has 0 fully saturated rings. The van der Waals surface area contributed by atoms with Gasteiger partial charge in [0, 0.05) is 36.7 Å². The van der Waals surface area contributed by atoms with Crippen molar-refractivity contribution in [2.75, 3.05) is 19.1 Å². The number of aliphatic hydroxyl groups is 1. The van der Waals surface area contributed by atoms with Crippen LogP contribution in [0, 0.1) is 0 Å². The Bertz CT molecular complexity index is 1370. The molecule has 6 heteroatoms. The van der Waals surface area contributed by atoms with Crippen LogP contribution in [0.5, 0.6) is 5.75 Å². The summed E-state index contributed by atoms with van der Waals surface area (Å²) in [5.41, 5.74) is 4.10. The third-order valence-electron chi connectivity index (χ3n) is 5.86. The summed E-state index contributed by atoms with van der Waals surface area (Å²) in [6.07, 6.45) is 0.483. The van der Waals surface area contributed by atoms with Crippen molar-refractivity contribution >= 4 is 39.7 Å². The highest BCUT2D eigenvalue weighted by Crippen LogP contribution is 2.31. The van der Waals surface area contributed by atoms with Crippen molar-refractivity contribution in [2.45, 2.75) is 12.5 Å². The summed E-state index contributed by atoms with van der Waals surface area (Å²) in [5.74, 6) is 0.103. The molecule has 1 unspecified atom stereocenters. The molecule has 172 valence electrons. The van der Waals surface area contributed by atoms with E-state index in [1.54, 1.807) is 30.1 Å². The zero-order valence-corrected chi connectivity index (χ0v) is 19.7. The highest BCUT2D eigenvalue weighted by molar-refractivity contribution is 6.32. The number of rotatable bonds is 3. The molecule has 1 heterocycles. The Kier molecular flexibility index (Phi) is 6.96. The molecule has 5 nitrogen and oxygen atoms in total. The molecule has 1 aliphatic rings. The minimum atomic E-state index is -0.587. The number of hydrogen-bond acceptors (Lipinski definition) is 4. The number of carbonyl (C=O) groups excluding carboxylic acids is 1. The summed E-state index contributed by atoms with van der Waals surface area (Å²) in [5, 5.41) is 19.6. The smallest absolute Gasteiger partial charge is 0.251 e. The highest BCUT2D eigenvalue weighted by Gasteiger charge is 2.30. The second-order valence-electron chi connectivity index (χ2n) is 7.98. The monoisotopic (exact) mass is 472 g/mol. The Morgan fingerprint density at radius 2 is 1.62 bits per heavy atom. The van der Waals surface area contributed by atoms with Crippen molar-refractivity contribution in [3.8, 4) is 5.75 Å². The van der Waals surface area contributed by atoms with E-state index in [0.717, 1.165) is 40.3 Å². The maximum absolute atomic E-state index is 13.4. The van der Waals surface area contributed by atoms with Gasteiger partial charge in [0.15, 0.2) is 0 Å². The van der Waals surface area contributed by atoms with E-state index < -0.39 is 6.04 Å². The molecule has 4 aromatic carbocycles. The molecule has 0 radical (unpaired) electrons. The standard InChI is InChI=1S/C27H21ClN2O2.CH4O/c1-30-25-13-10-21(28)16-23(25)26(19-8-11-22(31)12-9-19)29-24(27(30)32)15-17-6-7-18-4-2-3-5-20(18)14-17;1-2/h2-14,16,24,31H,15H2,1H3;2H,1H3. The molecule has 1 aliphatic heterocycles. The molecule has 5 rings (SSSR count). The van der Waals surface area contributed by atoms with E-state index in [9.17, 15) is 9.90 Å². The van der Waals surface area contributed by atoms with Crippen LogP contribution in [0.3, 0.4) is 0 Å². The number of hydrogen-bond donors (Lipinski definition) is 2. The van der Waals surface area contributed by atoms with E-state index in [1.165, 1.54) is 0 Å². The van der Waals surface area contributed by atoms with Crippen molar-refractivity contribution < 1.29 is 15.0 Å². The number of halogens is 1. The third kappa shape index (κ3) is 4.67. The number of phenolic OH excluding ortho intramolecular Hbond substituents is 1. The number of aliphatic imine (C=N–C) groups is 1. The molecular weight excluding hydrogens is 448 g/mol. The molecule has 0 spiro atoms. The van der Waals surface area contributed by atoms with Crippen LogP contribution in [-0.2, 0) is 11.2 Å². The number of amides is 1. The number of carbonyl (C=O) groups is 1. The number of nitrogens with zero attached hydrogens (tertiary/aromatic N) is 2. The first-order valence-electron chi connectivity index (χ1n) is 10.9. The molecule has 0 saturated heterocycles. The Morgan fingerprint density at radius 1 is 0.912 bits per heavy atom. The maximum Gasteiger partial charge on any atom is 0.251 e. The summed E-state index contributed by atoms with van der Waals surface area (Å²) in [6.45, 7) is 0. The quantitative estimate of drug-likeness (QED) is 0.428. The maximum atomic E-state index is 13.4. The average molecular weight is 473 g/mol. The fourth-order valence-electron chi connectivity index (χ4n) is 4.18. The van der Waals surface area contributed by atoms with Crippen molar-refractivity contribution in [2.24, 2.45) is 4.99 Å². The lowest BCUT2D eigenvalue weighted by molar-refractivity contribution is -0.119. The Morgan fingerprint density at radius 3 is 2.35 bits per heavy atom. The van der Waals surface area contributed by atoms with Crippen molar-refractivity contribution in [1.29, 1.82) is 0 Å². The van der Waals surface area contributed by atoms with Crippen molar-refractivity contribution in [3.05, 3.63) is 107 Å². The van der Waals surface area contributed by atoms with E-state index in [0.29, 0.717) is 17.2 Å². The van der Waals surface area contributed by atoms with Gasteiger partial charge in [-0.05, 0) is 58.8 Å². The van der Waals surface area contributed by atoms with E-state index >= 15 is 0 Å². The number of benzodiazepines with no additional fused rings is 1. The van der Waals surface area contributed by atoms with Crippen LogP contribution in [0.15, 0.2) is 89.9 Å². The zero-order chi connectivity index (χ0) is 24.2. The van der Waals surface area contributed by atoms with Gasteiger partial charge in [0.25, 0.3) is 5.91 Å². The first kappa shape index (κ1) is 23.5. The van der Waals surface area contributed by atoms with Crippen LogP contribution in [0.2, 0.25) is 5.02 Å². The number of fused-ring (bicyclic) bond motifs is 2. The van der Waals surface area contributed by atoms with Gasteiger partial charge in [0.05, 0.1) is 11.4 Å². The van der Waals surface area contributed by atoms with Gasteiger partial charge in [-0.1, -0.05) is 54.1 Å². The Balaban J connectivity index is 0.00000133. The molecule has 34 heavy (non-hydrogen) atoms. The van der Waals surface area contributed by atoms with Gasteiger partial charge in [-0.2, -0.15) is 0 Å². The third-order valence-corrected chi connectivity index (χ3v) is 6.09. The second-order valence-corrected chi connectivity index (χ2v) is 8.42. The number of benzene rings is 4. The second kappa shape index (κ2) is 10.1. The summed E-state index contributed by atoms with van der Waals surface area (Å²) >= 11 is 6.32. The average Bonchev–Trinajstić information content (AvgIpc) is 2.96. The lowest BCUT2D eigenvalue weighted by Gasteiger charge is -2.20. The van der Waals surface area contributed by atoms with Gasteiger partial charge in [-0.25, -0.2) is 0 Å². The molecule has 1 atom stereocenters. The highest BCUT2D eigenvalue weighted by atomic mass is 35.5. The summed E-state index contributed by atoms with van der Waals surface area (Å²) < 4.78 is 0. The normalized spacial score (nSPS) is 15.2.